The molecule has 0 saturated carbocycles. The van der Waals surface area contributed by atoms with E-state index in [0.29, 0.717) is 0 Å². The van der Waals surface area contributed by atoms with Crippen LogP contribution in [0.15, 0.2) is 0 Å². The van der Waals surface area contributed by atoms with Gasteiger partial charge in [0.05, 0.1) is 0 Å². The molecule has 8 heteroatoms. The molecule has 0 aliphatic heterocycles. The topological polar surface area (TPSA) is 9.23 Å². The predicted molar refractivity (Wildman–Crippen MR) is 23.9 cm³/mol. The molecule has 1 nitrogen and oxygen atoms in total. The molecule has 0 aromatic carbocycles. The van der Waals surface area contributed by atoms with E-state index in [1.807, 2.05) is 0 Å². The third kappa shape index (κ3) is 7.27. The molecule has 0 aliphatic carbocycles. The van der Waals surface area contributed by atoms with Gasteiger partial charge in [-0.15, -0.1) is 0 Å². The van der Waals surface area contributed by atoms with Crippen molar-refractivity contribution in [3.63, 3.8) is 0 Å². The molecule has 0 radical (unpaired) electrons. The van der Waals surface area contributed by atoms with Gasteiger partial charge in [-0.05, 0) is 0 Å². The molecule has 0 bridgehead atoms. The average Bonchev–Trinajstić information content (AvgIpc) is 1.60. The second kappa shape index (κ2) is 5.53. The van der Waals surface area contributed by atoms with E-state index in [1.54, 1.807) is 0 Å². The first kappa shape index (κ1) is 14.4. The second-order valence-corrected chi connectivity index (χ2v) is 1.65. The Bertz CT molecular complexity index is 111. The fraction of sp³-hybridized carbons (Fsp3) is 1.00. The summed E-state index contributed by atoms with van der Waals surface area (Å²) in [7, 11) is 0. The van der Waals surface area contributed by atoms with Gasteiger partial charge in [-0.2, -0.15) is 22.0 Å². The van der Waals surface area contributed by atoms with Gasteiger partial charge >= 0.3 is 42.3 Å². The van der Waals surface area contributed by atoms with Crippen LogP contribution < -0.4 is 29.6 Å². The molecular weight excluding hydrogens is 205 g/mol. The summed E-state index contributed by atoms with van der Waals surface area (Å²) in [6.07, 6.45) is -4.95. The van der Waals surface area contributed by atoms with Gasteiger partial charge in [0.2, 0.25) is 5.56 Å². The number of ether oxygens (including phenoxy) is 1. The molecule has 0 amide bonds. The monoisotopic (exact) mass is 208 g/mol. The normalized spacial score (nSPS) is 14.5. The van der Waals surface area contributed by atoms with Crippen molar-refractivity contribution in [2.75, 3.05) is 0 Å². The molecule has 11 heavy (non-hydrogen) atoms. The van der Waals surface area contributed by atoms with Crippen LogP contribution in [0, 0.1) is 0 Å². The minimum atomic E-state index is -4.95. The van der Waals surface area contributed by atoms with E-state index in [0.717, 1.165) is 0 Å². The minimum absolute atomic E-state index is 0. The van der Waals surface area contributed by atoms with Crippen LogP contribution in [0.3, 0.4) is 0 Å². The van der Waals surface area contributed by atoms with Gasteiger partial charge < -0.3 is 1.43 Å². The Balaban J connectivity index is -0.000000405. The van der Waals surface area contributed by atoms with Crippen LogP contribution in [-0.2, 0) is 4.74 Å². The van der Waals surface area contributed by atoms with E-state index in [2.05, 4.69) is 16.3 Å². The summed E-state index contributed by atoms with van der Waals surface area (Å²) in [6.45, 7) is -3.51. The first-order valence-electron chi connectivity index (χ1n) is 1.98. The van der Waals surface area contributed by atoms with Crippen LogP contribution in [0.1, 0.15) is 1.43 Å². The number of rotatable bonds is 2. The number of hydrogen-bond donors (Lipinski definition) is 0. The van der Waals surface area contributed by atoms with Gasteiger partial charge in [0.25, 0.3) is 0 Å². The fourth-order valence-electron chi connectivity index (χ4n) is 0.167. The molecule has 0 aromatic heterocycles. The van der Waals surface area contributed by atoms with E-state index >= 15 is 0 Å². The zero-order valence-electron chi connectivity index (χ0n) is 6.33. The summed E-state index contributed by atoms with van der Waals surface area (Å²) in [6, 6.07) is 0. The van der Waals surface area contributed by atoms with Gasteiger partial charge in [0, 0.05) is 0 Å². The largest absolute Gasteiger partial charge is 1.00 e. The third-order valence-electron chi connectivity index (χ3n) is 0.480. The summed E-state index contributed by atoms with van der Waals surface area (Å²) in [5.41, 5.74) is -2.94. The molecule has 0 N–H and O–H groups in total. The Kier molecular flexibility index (Phi) is 7.25. The van der Waals surface area contributed by atoms with Gasteiger partial charge in [0.15, 0.2) is 0 Å². The summed E-state index contributed by atoms with van der Waals surface area (Å²) in [4.78, 5) is 0. The minimum Gasteiger partial charge on any atom is -1.00 e. The van der Waals surface area contributed by atoms with Crippen molar-refractivity contribution in [1.82, 2.24) is 0 Å². The van der Waals surface area contributed by atoms with Crippen LogP contribution in [0.5, 0.6) is 0 Å². The number of hydrogen-bond acceptors (Lipinski definition) is 1. The van der Waals surface area contributed by atoms with E-state index in [-0.39, 0.29) is 31.0 Å². The molecule has 64 valence electrons. The maximum Gasteiger partial charge on any atom is 1.00 e. The predicted octanol–water partition coefficient (Wildman–Crippen LogP) is -0.531. The first-order valence-corrected chi connectivity index (χ1v) is 2.42. The van der Waals surface area contributed by atoms with E-state index in [1.165, 1.54) is 0 Å². The first-order chi connectivity index (χ1) is 4.34. The Hall–Kier alpha value is 0.900. The van der Waals surface area contributed by atoms with Crippen molar-refractivity contribution in [3.8, 4) is 0 Å². The summed E-state index contributed by atoms with van der Waals surface area (Å²) in [5.74, 6) is 0. The second-order valence-electron chi connectivity index (χ2n) is 1.25. The third-order valence-corrected chi connectivity index (χ3v) is 0.830. The van der Waals surface area contributed by atoms with Crippen LogP contribution in [0.25, 0.3) is 0 Å². The number of halogens is 6. The zero-order valence-corrected chi connectivity index (χ0v) is 8.09. The van der Waals surface area contributed by atoms with Gasteiger partial charge in [-0.1, -0.05) is 11.6 Å². The summed E-state index contributed by atoms with van der Waals surface area (Å²) >= 11 is 4.32. The van der Waals surface area contributed by atoms with E-state index < -0.39 is 18.4 Å². The molecule has 0 rings (SSSR count). The molecule has 0 fully saturated rings. The van der Waals surface area contributed by atoms with Crippen molar-refractivity contribution in [3.05, 3.63) is 0 Å². The van der Waals surface area contributed by atoms with E-state index in [9.17, 15) is 22.0 Å². The maximum atomic E-state index is 11.2. The van der Waals surface area contributed by atoms with Gasteiger partial charge in [-0.3, -0.25) is 4.74 Å². The Morgan fingerprint density at radius 1 is 1.27 bits per heavy atom. The molecule has 0 saturated heterocycles. The van der Waals surface area contributed by atoms with Gasteiger partial charge in [0.1, 0.15) is 0 Å². The van der Waals surface area contributed by atoms with Crippen LogP contribution in [0.4, 0.5) is 22.0 Å². The molecule has 1 atom stereocenters. The van der Waals surface area contributed by atoms with Crippen molar-refractivity contribution >= 4 is 11.6 Å². The van der Waals surface area contributed by atoms with Crippen LogP contribution >= 0.6 is 11.6 Å². The average molecular weight is 208 g/mol. The van der Waals surface area contributed by atoms with Crippen molar-refractivity contribution < 1.29 is 57.7 Å². The Morgan fingerprint density at radius 2 is 1.64 bits per heavy atom. The zero-order chi connectivity index (χ0) is 8.36. The quantitative estimate of drug-likeness (QED) is 0.337. The Morgan fingerprint density at radius 3 is 1.73 bits per heavy atom. The SMILES string of the molecule is FC(F)OC(Cl)C(F)(F)F.[H-].[Na+]. The Labute approximate surface area is 87.6 Å². The van der Waals surface area contributed by atoms with Crippen LogP contribution in [-0.4, -0.2) is 18.4 Å². The summed E-state index contributed by atoms with van der Waals surface area (Å²) in [5, 5.41) is 0. The molecule has 1 unspecified atom stereocenters. The van der Waals surface area contributed by atoms with Crippen LogP contribution in [0.2, 0.25) is 0 Å². The standard InChI is InChI=1S/C3H2ClF5O.Na.H/c4-1(3(7,8)9)10-2(5)6;;/h1-2H;;/q;+1;-1. The molecule has 0 spiro atoms. The fourth-order valence-corrected chi connectivity index (χ4v) is 0.245. The van der Waals surface area contributed by atoms with Crippen molar-refractivity contribution in [2.24, 2.45) is 0 Å². The molecule has 0 heterocycles. The smallest absolute Gasteiger partial charge is 1.00 e. The van der Waals surface area contributed by atoms with Crippen molar-refractivity contribution in [2.45, 2.75) is 18.4 Å². The van der Waals surface area contributed by atoms with E-state index in [4.69, 9.17) is 0 Å². The van der Waals surface area contributed by atoms with Gasteiger partial charge in [-0.25, -0.2) is 0 Å². The number of alkyl halides is 6. The molecular formula is C3H3ClF5NaO. The molecule has 0 aromatic rings. The van der Waals surface area contributed by atoms with Crippen molar-refractivity contribution in [1.29, 1.82) is 0 Å². The summed E-state index contributed by atoms with van der Waals surface area (Å²) < 4.78 is 58.6. The molecule has 0 aliphatic rings. The maximum absolute atomic E-state index is 11.2.